The average Bonchev–Trinajstić information content (AvgIpc) is 2.84. The van der Waals surface area contributed by atoms with E-state index in [4.69, 9.17) is 11.6 Å². The van der Waals surface area contributed by atoms with Crippen molar-refractivity contribution in [3.05, 3.63) is 29.3 Å². The highest BCUT2D eigenvalue weighted by atomic mass is 35.5. The second-order valence-electron chi connectivity index (χ2n) is 3.93. The molecule has 0 unspecified atom stereocenters. The SMILES string of the molecule is O=C(Nc1ccccc1Cl)C(=O)N1CCCC1. The number of hydrogen-bond donors (Lipinski definition) is 1. The Bertz CT molecular complexity index is 442. The third-order valence-electron chi connectivity index (χ3n) is 2.71. The van der Waals surface area contributed by atoms with Gasteiger partial charge in [0.1, 0.15) is 0 Å². The van der Waals surface area contributed by atoms with E-state index in [2.05, 4.69) is 5.32 Å². The number of likely N-dealkylation sites (tertiary alicyclic amines) is 1. The summed E-state index contributed by atoms with van der Waals surface area (Å²) in [5, 5.41) is 2.95. The first-order valence-electron chi connectivity index (χ1n) is 5.53. The van der Waals surface area contributed by atoms with Gasteiger partial charge in [-0.25, -0.2) is 0 Å². The summed E-state index contributed by atoms with van der Waals surface area (Å²) in [6.45, 7) is 1.32. The van der Waals surface area contributed by atoms with Crippen LogP contribution in [0.5, 0.6) is 0 Å². The van der Waals surface area contributed by atoms with Crippen molar-refractivity contribution in [3.63, 3.8) is 0 Å². The lowest BCUT2D eigenvalue weighted by Gasteiger charge is -2.14. The van der Waals surface area contributed by atoms with Gasteiger partial charge in [-0.2, -0.15) is 0 Å². The maximum absolute atomic E-state index is 11.7. The van der Waals surface area contributed by atoms with E-state index in [0.29, 0.717) is 23.8 Å². The molecule has 2 rings (SSSR count). The summed E-state index contributed by atoms with van der Waals surface area (Å²) in [5.74, 6) is -1.11. The molecule has 0 aromatic heterocycles. The van der Waals surface area contributed by atoms with Crippen LogP contribution < -0.4 is 5.32 Å². The van der Waals surface area contributed by atoms with E-state index >= 15 is 0 Å². The van der Waals surface area contributed by atoms with Crippen molar-refractivity contribution in [2.24, 2.45) is 0 Å². The van der Waals surface area contributed by atoms with E-state index in [0.717, 1.165) is 12.8 Å². The van der Waals surface area contributed by atoms with Gasteiger partial charge in [0.25, 0.3) is 0 Å². The molecule has 0 aliphatic carbocycles. The minimum Gasteiger partial charge on any atom is -0.334 e. The van der Waals surface area contributed by atoms with Crippen molar-refractivity contribution in [3.8, 4) is 0 Å². The Morgan fingerprint density at radius 3 is 2.47 bits per heavy atom. The number of halogens is 1. The summed E-state index contributed by atoms with van der Waals surface area (Å²) in [6, 6.07) is 6.84. The highest BCUT2D eigenvalue weighted by molar-refractivity contribution is 6.41. The van der Waals surface area contributed by atoms with Gasteiger partial charge in [0.05, 0.1) is 10.7 Å². The summed E-state index contributed by atoms with van der Waals surface area (Å²) >= 11 is 5.89. The largest absolute Gasteiger partial charge is 0.334 e. The third-order valence-corrected chi connectivity index (χ3v) is 3.04. The lowest BCUT2D eigenvalue weighted by Crippen LogP contribution is -2.37. The number of carbonyl (C=O) groups is 2. The maximum atomic E-state index is 11.7. The van der Waals surface area contributed by atoms with Gasteiger partial charge in [-0.15, -0.1) is 0 Å². The first-order valence-corrected chi connectivity index (χ1v) is 5.91. The fraction of sp³-hybridized carbons (Fsp3) is 0.333. The Labute approximate surface area is 105 Å². The fourth-order valence-corrected chi connectivity index (χ4v) is 1.99. The number of nitrogens with one attached hydrogen (secondary N) is 1. The summed E-state index contributed by atoms with van der Waals surface area (Å²) in [5.41, 5.74) is 0.465. The van der Waals surface area contributed by atoms with E-state index in [1.165, 1.54) is 0 Å². The molecule has 4 nitrogen and oxygen atoms in total. The summed E-state index contributed by atoms with van der Waals surface area (Å²) in [4.78, 5) is 25.0. The second kappa shape index (κ2) is 5.19. The Morgan fingerprint density at radius 1 is 1.18 bits per heavy atom. The van der Waals surface area contributed by atoms with E-state index in [9.17, 15) is 9.59 Å². The molecule has 1 fully saturated rings. The topological polar surface area (TPSA) is 49.4 Å². The standard InChI is InChI=1S/C12H13ClN2O2/c13-9-5-1-2-6-10(9)14-11(16)12(17)15-7-3-4-8-15/h1-2,5-6H,3-4,7-8H2,(H,14,16). The van der Waals surface area contributed by atoms with Crippen LogP contribution >= 0.6 is 11.6 Å². The van der Waals surface area contributed by atoms with E-state index < -0.39 is 11.8 Å². The van der Waals surface area contributed by atoms with Crippen LogP contribution in [-0.2, 0) is 9.59 Å². The van der Waals surface area contributed by atoms with Crippen LogP contribution in [0.15, 0.2) is 24.3 Å². The number of para-hydroxylation sites is 1. The smallest absolute Gasteiger partial charge is 0.313 e. The van der Waals surface area contributed by atoms with Crippen molar-refractivity contribution in [2.45, 2.75) is 12.8 Å². The van der Waals surface area contributed by atoms with Crippen molar-refractivity contribution >= 4 is 29.1 Å². The number of nitrogens with zero attached hydrogens (tertiary/aromatic N) is 1. The van der Waals surface area contributed by atoms with Crippen LogP contribution in [0.1, 0.15) is 12.8 Å². The van der Waals surface area contributed by atoms with Crippen LogP contribution in [0.25, 0.3) is 0 Å². The monoisotopic (exact) mass is 252 g/mol. The van der Waals surface area contributed by atoms with Crippen molar-refractivity contribution in [1.29, 1.82) is 0 Å². The first kappa shape index (κ1) is 11.9. The van der Waals surface area contributed by atoms with Crippen LogP contribution in [0.3, 0.4) is 0 Å². The van der Waals surface area contributed by atoms with Crippen molar-refractivity contribution < 1.29 is 9.59 Å². The minimum atomic E-state index is -0.625. The molecular formula is C12H13ClN2O2. The zero-order valence-electron chi connectivity index (χ0n) is 9.28. The molecule has 2 amide bonds. The van der Waals surface area contributed by atoms with Crippen LogP contribution in [0.4, 0.5) is 5.69 Å². The molecular weight excluding hydrogens is 240 g/mol. The molecule has 1 N–H and O–H groups in total. The number of anilines is 1. The van der Waals surface area contributed by atoms with Gasteiger partial charge < -0.3 is 10.2 Å². The average molecular weight is 253 g/mol. The van der Waals surface area contributed by atoms with Gasteiger partial charge >= 0.3 is 11.8 Å². The van der Waals surface area contributed by atoms with Gasteiger partial charge in [-0.3, -0.25) is 9.59 Å². The van der Waals surface area contributed by atoms with E-state index in [1.807, 2.05) is 0 Å². The molecule has 0 radical (unpaired) electrons. The van der Waals surface area contributed by atoms with Gasteiger partial charge in [0, 0.05) is 13.1 Å². The molecule has 1 heterocycles. The fourth-order valence-electron chi connectivity index (χ4n) is 1.80. The Morgan fingerprint density at radius 2 is 1.82 bits per heavy atom. The minimum absolute atomic E-state index is 0.426. The molecule has 1 aromatic carbocycles. The second-order valence-corrected chi connectivity index (χ2v) is 4.34. The lowest BCUT2D eigenvalue weighted by atomic mass is 10.3. The Balaban J connectivity index is 2.01. The molecule has 0 atom stereocenters. The normalized spacial score (nSPS) is 14.8. The molecule has 1 aliphatic rings. The number of carbonyl (C=O) groups excluding carboxylic acids is 2. The molecule has 0 bridgehead atoms. The van der Waals surface area contributed by atoms with E-state index in [1.54, 1.807) is 29.2 Å². The molecule has 0 saturated carbocycles. The van der Waals surface area contributed by atoms with Gasteiger partial charge in [0.15, 0.2) is 0 Å². The Kier molecular flexibility index (Phi) is 3.64. The zero-order chi connectivity index (χ0) is 12.3. The summed E-state index contributed by atoms with van der Waals surface area (Å²) in [7, 11) is 0. The van der Waals surface area contributed by atoms with Crippen LogP contribution in [0, 0.1) is 0 Å². The van der Waals surface area contributed by atoms with Crippen LogP contribution in [0.2, 0.25) is 5.02 Å². The first-order chi connectivity index (χ1) is 8.18. The number of rotatable bonds is 1. The predicted molar refractivity (Wildman–Crippen MR) is 65.9 cm³/mol. The molecule has 90 valence electrons. The van der Waals surface area contributed by atoms with Crippen LogP contribution in [-0.4, -0.2) is 29.8 Å². The third kappa shape index (κ3) is 2.77. The zero-order valence-corrected chi connectivity index (χ0v) is 10.0. The van der Waals surface area contributed by atoms with Gasteiger partial charge in [-0.05, 0) is 25.0 Å². The highest BCUT2D eigenvalue weighted by Gasteiger charge is 2.24. The summed E-state index contributed by atoms with van der Waals surface area (Å²) < 4.78 is 0. The molecule has 5 heteroatoms. The molecule has 17 heavy (non-hydrogen) atoms. The number of benzene rings is 1. The number of amides is 2. The lowest BCUT2D eigenvalue weighted by molar-refractivity contribution is -0.142. The molecule has 1 saturated heterocycles. The van der Waals surface area contributed by atoms with Crippen molar-refractivity contribution in [2.75, 3.05) is 18.4 Å². The number of hydrogen-bond acceptors (Lipinski definition) is 2. The Hall–Kier alpha value is -1.55. The van der Waals surface area contributed by atoms with Gasteiger partial charge in [0.2, 0.25) is 0 Å². The van der Waals surface area contributed by atoms with E-state index in [-0.39, 0.29) is 0 Å². The maximum Gasteiger partial charge on any atom is 0.313 e. The molecule has 1 aromatic rings. The molecule has 1 aliphatic heterocycles. The summed E-state index contributed by atoms with van der Waals surface area (Å²) in [6.07, 6.45) is 1.93. The van der Waals surface area contributed by atoms with Gasteiger partial charge in [-0.1, -0.05) is 23.7 Å². The highest BCUT2D eigenvalue weighted by Crippen LogP contribution is 2.20. The quantitative estimate of drug-likeness (QED) is 0.776. The van der Waals surface area contributed by atoms with Crippen molar-refractivity contribution in [1.82, 2.24) is 4.90 Å². The molecule has 0 spiro atoms. The predicted octanol–water partition coefficient (Wildman–Crippen LogP) is 1.90.